The van der Waals surface area contributed by atoms with Crippen molar-refractivity contribution in [2.24, 2.45) is 5.92 Å². The fraction of sp³-hybridized carbons (Fsp3) is 0.667. The van der Waals surface area contributed by atoms with Crippen molar-refractivity contribution in [2.45, 2.75) is 31.8 Å². The van der Waals surface area contributed by atoms with Gasteiger partial charge in [-0.25, -0.2) is 4.39 Å². The van der Waals surface area contributed by atoms with Gasteiger partial charge in [-0.1, -0.05) is 6.08 Å². The zero-order valence-electron chi connectivity index (χ0n) is 11.6. The summed E-state index contributed by atoms with van der Waals surface area (Å²) in [4.78, 5) is 13.7. The molecule has 2 atom stereocenters. The first-order valence-electron chi connectivity index (χ1n) is 7.24. The van der Waals surface area contributed by atoms with Gasteiger partial charge < -0.3 is 14.7 Å². The van der Waals surface area contributed by atoms with Crippen LogP contribution in [-0.2, 0) is 9.53 Å². The van der Waals surface area contributed by atoms with E-state index in [-0.39, 0.29) is 17.7 Å². The van der Waals surface area contributed by atoms with E-state index in [1.807, 2.05) is 4.90 Å². The van der Waals surface area contributed by atoms with E-state index in [1.54, 1.807) is 6.08 Å². The number of allylic oxidation sites excluding steroid dienone is 3. The van der Waals surface area contributed by atoms with E-state index >= 15 is 0 Å². The van der Waals surface area contributed by atoms with Crippen molar-refractivity contribution in [3.63, 3.8) is 0 Å². The molecule has 1 aliphatic carbocycles. The Balaban J connectivity index is 1.65. The third-order valence-corrected chi connectivity index (χ3v) is 3.84. The van der Waals surface area contributed by atoms with Gasteiger partial charge in [0, 0.05) is 25.4 Å². The van der Waals surface area contributed by atoms with Crippen LogP contribution >= 0.6 is 0 Å². The molecule has 0 aromatic rings. The van der Waals surface area contributed by atoms with Gasteiger partial charge in [-0.05, 0) is 31.4 Å². The van der Waals surface area contributed by atoms with Crippen molar-refractivity contribution < 1.29 is 19.0 Å². The van der Waals surface area contributed by atoms with E-state index in [1.165, 1.54) is 12.2 Å². The van der Waals surface area contributed by atoms with Crippen LogP contribution in [0.5, 0.6) is 0 Å². The Morgan fingerprint density at radius 1 is 1.50 bits per heavy atom. The number of aliphatic hydroxyl groups excluding tert-OH is 1. The smallest absolute Gasteiger partial charge is 0.222 e. The van der Waals surface area contributed by atoms with Crippen molar-refractivity contribution in [1.82, 2.24) is 4.90 Å². The molecule has 2 unspecified atom stereocenters. The Labute approximate surface area is 118 Å². The zero-order valence-corrected chi connectivity index (χ0v) is 11.6. The number of amides is 1. The average Bonchev–Trinajstić information content (AvgIpc) is 2.48. The standard InChI is InChI=1S/C15H22FNO3/c16-13-6-4-12(5-7-13)14(18)2-1-3-15(19)17-8-10-20-11-9-17/h4,6-7,12,14,18H,1-3,5,8-11H2. The maximum absolute atomic E-state index is 12.8. The lowest BCUT2D eigenvalue weighted by Gasteiger charge is -2.27. The highest BCUT2D eigenvalue weighted by Gasteiger charge is 2.20. The van der Waals surface area contributed by atoms with Crippen LogP contribution in [0.4, 0.5) is 4.39 Å². The van der Waals surface area contributed by atoms with Gasteiger partial charge in [-0.2, -0.15) is 0 Å². The molecule has 0 radical (unpaired) electrons. The van der Waals surface area contributed by atoms with E-state index in [2.05, 4.69) is 0 Å². The summed E-state index contributed by atoms with van der Waals surface area (Å²) >= 11 is 0. The van der Waals surface area contributed by atoms with Crippen LogP contribution in [0.25, 0.3) is 0 Å². The summed E-state index contributed by atoms with van der Waals surface area (Å²) in [5, 5.41) is 10.0. The number of halogens is 1. The van der Waals surface area contributed by atoms with Gasteiger partial charge in [0.15, 0.2) is 0 Å². The molecule has 1 heterocycles. The molecule has 0 saturated carbocycles. The first-order valence-corrected chi connectivity index (χ1v) is 7.24. The Morgan fingerprint density at radius 2 is 2.25 bits per heavy atom. The predicted octanol–water partition coefficient (Wildman–Crippen LogP) is 1.81. The Morgan fingerprint density at radius 3 is 2.90 bits per heavy atom. The Bertz CT molecular complexity index is 389. The minimum atomic E-state index is -0.506. The molecule has 0 aromatic heterocycles. The van der Waals surface area contributed by atoms with Gasteiger partial charge in [0.25, 0.3) is 0 Å². The number of nitrogens with zero attached hydrogens (tertiary/aromatic N) is 1. The minimum Gasteiger partial charge on any atom is -0.393 e. The van der Waals surface area contributed by atoms with Crippen molar-refractivity contribution in [3.8, 4) is 0 Å². The fourth-order valence-electron chi connectivity index (χ4n) is 2.54. The highest BCUT2D eigenvalue weighted by Crippen LogP contribution is 2.23. The largest absolute Gasteiger partial charge is 0.393 e. The lowest BCUT2D eigenvalue weighted by atomic mass is 9.91. The van der Waals surface area contributed by atoms with Crippen molar-refractivity contribution in [3.05, 3.63) is 24.1 Å². The number of morpholine rings is 1. The number of carbonyl (C=O) groups excluding carboxylic acids is 1. The minimum absolute atomic E-state index is 0.0343. The average molecular weight is 283 g/mol. The number of carbonyl (C=O) groups is 1. The van der Waals surface area contributed by atoms with Gasteiger partial charge in [0.05, 0.1) is 19.3 Å². The second kappa shape index (κ2) is 7.55. The summed E-state index contributed by atoms with van der Waals surface area (Å²) in [6.45, 7) is 2.55. The van der Waals surface area contributed by atoms with Crippen molar-refractivity contribution in [1.29, 1.82) is 0 Å². The highest BCUT2D eigenvalue weighted by molar-refractivity contribution is 5.76. The second-order valence-corrected chi connectivity index (χ2v) is 5.30. The molecule has 1 saturated heterocycles. The molecule has 20 heavy (non-hydrogen) atoms. The zero-order chi connectivity index (χ0) is 14.4. The van der Waals surface area contributed by atoms with Crippen LogP contribution in [0.2, 0.25) is 0 Å². The molecule has 4 nitrogen and oxygen atoms in total. The number of hydrogen-bond donors (Lipinski definition) is 1. The molecule has 1 amide bonds. The third-order valence-electron chi connectivity index (χ3n) is 3.84. The Hall–Kier alpha value is -1.20. The van der Waals surface area contributed by atoms with E-state index in [0.717, 1.165) is 0 Å². The van der Waals surface area contributed by atoms with Gasteiger partial charge in [0.2, 0.25) is 5.91 Å². The lowest BCUT2D eigenvalue weighted by molar-refractivity contribution is -0.135. The second-order valence-electron chi connectivity index (χ2n) is 5.30. The molecule has 1 fully saturated rings. The van der Waals surface area contributed by atoms with Crippen LogP contribution in [-0.4, -0.2) is 48.3 Å². The molecule has 0 spiro atoms. The van der Waals surface area contributed by atoms with E-state index < -0.39 is 6.10 Å². The van der Waals surface area contributed by atoms with Crippen LogP contribution in [0, 0.1) is 5.92 Å². The molecular weight excluding hydrogens is 261 g/mol. The fourth-order valence-corrected chi connectivity index (χ4v) is 2.54. The van der Waals surface area contributed by atoms with Crippen LogP contribution in [0.1, 0.15) is 25.7 Å². The summed E-state index contributed by atoms with van der Waals surface area (Å²) in [6.07, 6.45) is 6.31. The van der Waals surface area contributed by atoms with Crippen LogP contribution in [0.15, 0.2) is 24.1 Å². The highest BCUT2D eigenvalue weighted by atomic mass is 19.1. The quantitative estimate of drug-likeness (QED) is 0.837. The first kappa shape index (κ1) is 15.2. The molecule has 1 N–H and O–H groups in total. The summed E-state index contributed by atoms with van der Waals surface area (Å²) in [5.74, 6) is -0.144. The Kier molecular flexibility index (Phi) is 5.73. The maximum Gasteiger partial charge on any atom is 0.222 e. The summed E-state index contributed by atoms with van der Waals surface area (Å²) in [5.41, 5.74) is 0. The SMILES string of the molecule is O=C(CCCC(O)C1C=CC(F)=CC1)N1CCOCC1. The number of hydrogen-bond acceptors (Lipinski definition) is 3. The summed E-state index contributed by atoms with van der Waals surface area (Å²) in [6, 6.07) is 0. The van der Waals surface area contributed by atoms with Gasteiger partial charge >= 0.3 is 0 Å². The predicted molar refractivity (Wildman–Crippen MR) is 73.7 cm³/mol. The monoisotopic (exact) mass is 283 g/mol. The molecular formula is C15H22FNO3. The number of rotatable bonds is 5. The first-order chi connectivity index (χ1) is 9.66. The molecule has 0 aromatic carbocycles. The van der Waals surface area contributed by atoms with Gasteiger partial charge in [-0.3, -0.25) is 4.79 Å². The van der Waals surface area contributed by atoms with E-state index in [0.29, 0.717) is 52.0 Å². The molecule has 1 aliphatic heterocycles. The van der Waals surface area contributed by atoms with Crippen molar-refractivity contribution in [2.75, 3.05) is 26.3 Å². The molecule has 5 heteroatoms. The lowest BCUT2D eigenvalue weighted by Crippen LogP contribution is -2.40. The third kappa shape index (κ3) is 4.42. The van der Waals surface area contributed by atoms with E-state index in [4.69, 9.17) is 4.74 Å². The topological polar surface area (TPSA) is 49.8 Å². The number of ether oxygens (including phenoxy) is 1. The molecule has 2 aliphatic rings. The van der Waals surface area contributed by atoms with Crippen LogP contribution < -0.4 is 0 Å². The van der Waals surface area contributed by atoms with Gasteiger partial charge in [0.1, 0.15) is 5.83 Å². The van der Waals surface area contributed by atoms with Gasteiger partial charge in [-0.15, -0.1) is 0 Å². The molecule has 112 valence electrons. The molecule has 2 rings (SSSR count). The summed E-state index contributed by atoms with van der Waals surface area (Å²) in [7, 11) is 0. The molecule has 0 bridgehead atoms. The normalized spacial score (nSPS) is 24.4. The van der Waals surface area contributed by atoms with Crippen molar-refractivity contribution >= 4 is 5.91 Å². The number of aliphatic hydroxyl groups is 1. The van der Waals surface area contributed by atoms with E-state index in [9.17, 15) is 14.3 Å². The maximum atomic E-state index is 12.8. The van der Waals surface area contributed by atoms with Crippen LogP contribution in [0.3, 0.4) is 0 Å². The summed E-state index contributed by atoms with van der Waals surface area (Å²) < 4.78 is 18.0.